The van der Waals surface area contributed by atoms with E-state index in [9.17, 15) is 4.79 Å². The summed E-state index contributed by atoms with van der Waals surface area (Å²) in [6.45, 7) is 2.83. The van der Waals surface area contributed by atoms with Crippen LogP contribution in [0.1, 0.15) is 13.3 Å². The molecule has 0 aliphatic rings. The van der Waals surface area contributed by atoms with Gasteiger partial charge in [0.05, 0.1) is 7.11 Å². The van der Waals surface area contributed by atoms with Crippen LogP contribution in [-0.2, 0) is 19.0 Å². The molecule has 72 valence electrons. The van der Waals surface area contributed by atoms with Gasteiger partial charge in [-0.25, -0.2) is 4.79 Å². The van der Waals surface area contributed by atoms with Gasteiger partial charge in [0.2, 0.25) is 0 Å². The Labute approximate surface area is 72.8 Å². The first-order valence-corrected chi connectivity index (χ1v) is 3.90. The van der Waals surface area contributed by atoms with Crippen LogP contribution in [0.2, 0.25) is 0 Å². The zero-order valence-corrected chi connectivity index (χ0v) is 7.83. The average molecular weight is 176 g/mol. The van der Waals surface area contributed by atoms with Crippen LogP contribution in [0.3, 0.4) is 0 Å². The number of carbonyl (C=O) groups excluding carboxylic acids is 1. The van der Waals surface area contributed by atoms with Crippen LogP contribution in [0.15, 0.2) is 0 Å². The number of rotatable bonds is 6. The third-order valence-electron chi connectivity index (χ3n) is 1.39. The van der Waals surface area contributed by atoms with E-state index in [1.807, 2.05) is 0 Å². The fourth-order valence-electron chi connectivity index (χ4n) is 0.697. The van der Waals surface area contributed by atoms with E-state index in [0.29, 0.717) is 13.2 Å². The summed E-state index contributed by atoms with van der Waals surface area (Å²) in [7, 11) is 2.97. The zero-order chi connectivity index (χ0) is 9.40. The number of methoxy groups -OCH3 is 2. The molecule has 0 heterocycles. The van der Waals surface area contributed by atoms with Crippen LogP contribution >= 0.6 is 0 Å². The molecule has 1 atom stereocenters. The van der Waals surface area contributed by atoms with Gasteiger partial charge in [0.15, 0.2) is 6.10 Å². The number of esters is 1. The molecule has 0 aromatic heterocycles. The molecule has 0 aromatic carbocycles. The second kappa shape index (κ2) is 7.06. The molecule has 0 aromatic rings. The second-order valence-corrected chi connectivity index (χ2v) is 2.38. The van der Waals surface area contributed by atoms with Crippen LogP contribution in [0.25, 0.3) is 0 Å². The Morgan fingerprint density at radius 2 is 2.00 bits per heavy atom. The smallest absolute Gasteiger partial charge is 0.334 e. The average Bonchev–Trinajstić information content (AvgIpc) is 2.10. The molecule has 0 N–H and O–H groups in total. The lowest BCUT2D eigenvalue weighted by Gasteiger charge is -2.09. The van der Waals surface area contributed by atoms with Crippen molar-refractivity contribution in [3.8, 4) is 0 Å². The molecule has 0 aliphatic heterocycles. The van der Waals surface area contributed by atoms with Crippen molar-refractivity contribution in [2.75, 3.05) is 27.4 Å². The van der Waals surface area contributed by atoms with Crippen LogP contribution in [0.5, 0.6) is 0 Å². The fourth-order valence-corrected chi connectivity index (χ4v) is 0.697. The molecular weight excluding hydrogens is 160 g/mol. The van der Waals surface area contributed by atoms with Gasteiger partial charge in [-0.3, -0.25) is 0 Å². The highest BCUT2D eigenvalue weighted by Crippen LogP contribution is 1.94. The molecule has 0 fully saturated rings. The van der Waals surface area contributed by atoms with E-state index < -0.39 is 6.10 Å². The standard InChI is InChI=1S/C8H16O4/c1-7(8(9)11-3)12-6-4-5-10-2/h7H,4-6H2,1-3H3/t7-/m1/s1. The lowest BCUT2D eigenvalue weighted by atomic mass is 10.4. The number of carbonyl (C=O) groups is 1. The largest absolute Gasteiger partial charge is 0.467 e. The predicted octanol–water partition coefficient (Wildman–Crippen LogP) is 0.601. The SMILES string of the molecule is COCCCO[C@H](C)C(=O)OC. The molecule has 0 radical (unpaired) electrons. The lowest BCUT2D eigenvalue weighted by Crippen LogP contribution is -2.22. The van der Waals surface area contributed by atoms with Gasteiger partial charge in [-0.15, -0.1) is 0 Å². The molecule has 0 spiro atoms. The van der Waals surface area contributed by atoms with E-state index >= 15 is 0 Å². The van der Waals surface area contributed by atoms with E-state index in [1.54, 1.807) is 14.0 Å². The Hall–Kier alpha value is -0.610. The highest BCUT2D eigenvalue weighted by Gasteiger charge is 2.12. The maximum atomic E-state index is 10.8. The first-order chi connectivity index (χ1) is 5.72. The van der Waals surface area contributed by atoms with Gasteiger partial charge in [-0.1, -0.05) is 0 Å². The normalized spacial score (nSPS) is 12.6. The monoisotopic (exact) mass is 176 g/mol. The quantitative estimate of drug-likeness (QED) is 0.439. The summed E-state index contributed by atoms with van der Waals surface area (Å²) in [6.07, 6.45) is 0.310. The van der Waals surface area contributed by atoms with Crippen molar-refractivity contribution in [3.05, 3.63) is 0 Å². The minimum atomic E-state index is -0.480. The maximum absolute atomic E-state index is 10.8. The van der Waals surface area contributed by atoms with Gasteiger partial charge >= 0.3 is 5.97 Å². The van der Waals surface area contributed by atoms with Crippen LogP contribution < -0.4 is 0 Å². The highest BCUT2D eigenvalue weighted by atomic mass is 16.6. The molecule has 0 aliphatic carbocycles. The topological polar surface area (TPSA) is 44.8 Å². The first kappa shape index (κ1) is 11.4. The van der Waals surface area contributed by atoms with Crippen LogP contribution in [0.4, 0.5) is 0 Å². The van der Waals surface area contributed by atoms with E-state index in [1.165, 1.54) is 7.11 Å². The van der Waals surface area contributed by atoms with E-state index in [4.69, 9.17) is 9.47 Å². The molecule has 0 saturated heterocycles. The van der Waals surface area contributed by atoms with Gasteiger partial charge in [0, 0.05) is 20.3 Å². The van der Waals surface area contributed by atoms with E-state index in [2.05, 4.69) is 4.74 Å². The second-order valence-electron chi connectivity index (χ2n) is 2.38. The maximum Gasteiger partial charge on any atom is 0.334 e. The zero-order valence-electron chi connectivity index (χ0n) is 7.83. The number of hydrogen-bond donors (Lipinski definition) is 0. The molecule has 0 amide bonds. The lowest BCUT2D eigenvalue weighted by molar-refractivity contribution is -0.153. The van der Waals surface area contributed by atoms with Gasteiger partial charge in [0.1, 0.15) is 0 Å². The van der Waals surface area contributed by atoms with E-state index in [-0.39, 0.29) is 5.97 Å². The summed E-state index contributed by atoms with van der Waals surface area (Å²) in [4.78, 5) is 10.8. The van der Waals surface area contributed by atoms with Crippen molar-refractivity contribution in [1.82, 2.24) is 0 Å². The van der Waals surface area contributed by atoms with Crippen molar-refractivity contribution >= 4 is 5.97 Å². The minimum absolute atomic E-state index is 0.340. The molecule has 0 saturated carbocycles. The van der Waals surface area contributed by atoms with Crippen molar-refractivity contribution in [2.45, 2.75) is 19.4 Å². The van der Waals surface area contributed by atoms with Gasteiger partial charge < -0.3 is 14.2 Å². The van der Waals surface area contributed by atoms with Gasteiger partial charge in [0.25, 0.3) is 0 Å². The summed E-state index contributed by atoms with van der Waals surface area (Å²) in [5.41, 5.74) is 0. The third-order valence-corrected chi connectivity index (χ3v) is 1.39. The number of hydrogen-bond acceptors (Lipinski definition) is 4. The highest BCUT2D eigenvalue weighted by molar-refractivity contribution is 5.73. The molecule has 0 bridgehead atoms. The van der Waals surface area contributed by atoms with Gasteiger partial charge in [-0.2, -0.15) is 0 Å². The molecule has 0 unspecified atom stereocenters. The molecular formula is C8H16O4. The van der Waals surface area contributed by atoms with E-state index in [0.717, 1.165) is 6.42 Å². The third kappa shape index (κ3) is 5.09. The first-order valence-electron chi connectivity index (χ1n) is 3.90. The Morgan fingerprint density at radius 1 is 1.33 bits per heavy atom. The predicted molar refractivity (Wildman–Crippen MR) is 43.9 cm³/mol. The van der Waals surface area contributed by atoms with Crippen LogP contribution in [0, 0.1) is 0 Å². The Kier molecular flexibility index (Phi) is 6.70. The summed E-state index contributed by atoms with van der Waals surface area (Å²) in [5.74, 6) is -0.340. The van der Waals surface area contributed by atoms with Crippen molar-refractivity contribution in [3.63, 3.8) is 0 Å². The fraction of sp³-hybridized carbons (Fsp3) is 0.875. The molecule has 4 heteroatoms. The summed E-state index contributed by atoms with van der Waals surface area (Å²) < 4.78 is 14.4. The van der Waals surface area contributed by atoms with Crippen LogP contribution in [-0.4, -0.2) is 39.5 Å². The van der Waals surface area contributed by atoms with Gasteiger partial charge in [-0.05, 0) is 13.3 Å². The Balaban J connectivity index is 3.31. The minimum Gasteiger partial charge on any atom is -0.467 e. The van der Waals surface area contributed by atoms with Crippen molar-refractivity contribution in [1.29, 1.82) is 0 Å². The van der Waals surface area contributed by atoms with Crippen molar-refractivity contribution in [2.24, 2.45) is 0 Å². The molecule has 4 nitrogen and oxygen atoms in total. The summed E-state index contributed by atoms with van der Waals surface area (Å²) in [6, 6.07) is 0. The van der Waals surface area contributed by atoms with Crippen molar-refractivity contribution < 1.29 is 19.0 Å². The molecule has 12 heavy (non-hydrogen) atoms. The Morgan fingerprint density at radius 3 is 2.50 bits per heavy atom. The number of ether oxygens (including phenoxy) is 3. The molecule has 0 rings (SSSR count). The summed E-state index contributed by atoms with van der Waals surface area (Å²) >= 11 is 0. The Bertz CT molecular complexity index is 124. The summed E-state index contributed by atoms with van der Waals surface area (Å²) in [5, 5.41) is 0.